The van der Waals surface area contributed by atoms with E-state index in [2.05, 4.69) is 0 Å². The van der Waals surface area contributed by atoms with Gasteiger partial charge in [0.15, 0.2) is 5.60 Å². The highest BCUT2D eigenvalue weighted by atomic mass is 16.6. The first-order valence-corrected chi connectivity index (χ1v) is 3.81. The van der Waals surface area contributed by atoms with Crippen LogP contribution in [-0.2, 0) is 9.53 Å². The molecule has 12 heavy (non-hydrogen) atoms. The molecular weight excluding hydrogens is 156 g/mol. The van der Waals surface area contributed by atoms with Crippen LogP contribution in [0.2, 0.25) is 0 Å². The first-order valence-electron chi connectivity index (χ1n) is 3.81. The van der Waals surface area contributed by atoms with Crippen LogP contribution < -0.4 is 0 Å². The number of hydrogen-bond donors (Lipinski definition) is 1. The van der Waals surface area contributed by atoms with Crippen LogP contribution in [0.4, 0.5) is 0 Å². The van der Waals surface area contributed by atoms with Gasteiger partial charge in [0, 0.05) is 6.08 Å². The maximum absolute atomic E-state index is 10.7. The van der Waals surface area contributed by atoms with Gasteiger partial charge in [0.05, 0.1) is 0 Å². The van der Waals surface area contributed by atoms with Crippen molar-refractivity contribution in [2.75, 3.05) is 0 Å². The molecule has 0 amide bonds. The van der Waals surface area contributed by atoms with Gasteiger partial charge in [-0.15, -0.1) is 0 Å². The fraction of sp³-hybridized carbons (Fsp3) is 0.444. The Balaban J connectivity index is 2.74. The molecule has 3 nitrogen and oxygen atoms in total. The Hall–Kier alpha value is -1.09. The van der Waals surface area contributed by atoms with E-state index in [1.54, 1.807) is 32.1 Å². The topological polar surface area (TPSA) is 46.5 Å². The molecular formula is C9H12O3. The molecule has 0 unspecified atom stereocenters. The van der Waals surface area contributed by atoms with Crippen LogP contribution >= 0.6 is 0 Å². The lowest BCUT2D eigenvalue weighted by Crippen LogP contribution is -2.37. The summed E-state index contributed by atoms with van der Waals surface area (Å²) in [5.41, 5.74) is -0.885. The quantitative estimate of drug-likeness (QED) is 0.490. The zero-order valence-electron chi connectivity index (χ0n) is 7.15. The van der Waals surface area contributed by atoms with E-state index in [-0.39, 0.29) is 0 Å². The minimum absolute atomic E-state index is 0.402. The summed E-state index contributed by atoms with van der Waals surface area (Å²) >= 11 is 0. The lowest BCUT2D eigenvalue weighted by atomic mass is 9.99. The SMILES string of the molecule is C/C=C/[C@H](O)[C@@]1(C)C=CC(=O)O1. The Bertz CT molecular complexity index is 242. The lowest BCUT2D eigenvalue weighted by molar-refractivity contribution is -0.150. The number of carbonyl (C=O) groups excluding carboxylic acids is 1. The average Bonchev–Trinajstić information content (AvgIpc) is 2.33. The fourth-order valence-corrected chi connectivity index (χ4v) is 1.05. The van der Waals surface area contributed by atoms with Crippen LogP contribution in [0.1, 0.15) is 13.8 Å². The number of carbonyl (C=O) groups is 1. The monoisotopic (exact) mass is 168 g/mol. The molecule has 0 aliphatic carbocycles. The maximum atomic E-state index is 10.7. The normalized spacial score (nSPS) is 31.1. The molecule has 0 aromatic heterocycles. The number of cyclic esters (lactones) is 1. The maximum Gasteiger partial charge on any atom is 0.331 e. The molecule has 1 heterocycles. The second-order valence-corrected chi connectivity index (χ2v) is 2.91. The van der Waals surface area contributed by atoms with Crippen LogP contribution in [-0.4, -0.2) is 22.8 Å². The zero-order valence-corrected chi connectivity index (χ0v) is 7.15. The Labute approximate surface area is 71.3 Å². The molecule has 1 rings (SSSR count). The van der Waals surface area contributed by atoms with Gasteiger partial charge < -0.3 is 9.84 Å². The molecule has 66 valence electrons. The Kier molecular flexibility index (Phi) is 2.33. The number of ether oxygens (including phenoxy) is 1. The molecule has 1 aliphatic rings. The molecule has 0 fully saturated rings. The van der Waals surface area contributed by atoms with E-state index in [0.717, 1.165) is 0 Å². The second-order valence-electron chi connectivity index (χ2n) is 2.91. The smallest absolute Gasteiger partial charge is 0.331 e. The number of allylic oxidation sites excluding steroid dienone is 1. The average molecular weight is 168 g/mol. The third kappa shape index (κ3) is 1.56. The third-order valence-electron chi connectivity index (χ3n) is 1.83. The number of esters is 1. The van der Waals surface area contributed by atoms with Gasteiger partial charge >= 0.3 is 5.97 Å². The third-order valence-corrected chi connectivity index (χ3v) is 1.83. The predicted octanol–water partition coefficient (Wildman–Crippen LogP) is 0.795. The molecule has 2 atom stereocenters. The largest absolute Gasteiger partial charge is 0.449 e. The standard InChI is InChI=1S/C9H12O3/c1-3-4-7(10)9(2)6-5-8(11)12-9/h3-7,10H,1-2H3/b4-3+/t7-,9+/m0/s1. The van der Waals surface area contributed by atoms with Gasteiger partial charge in [0.1, 0.15) is 6.10 Å². The van der Waals surface area contributed by atoms with Gasteiger partial charge in [-0.1, -0.05) is 12.2 Å². The predicted molar refractivity (Wildman–Crippen MR) is 44.5 cm³/mol. The molecule has 3 heteroatoms. The minimum Gasteiger partial charge on any atom is -0.449 e. The van der Waals surface area contributed by atoms with Crippen molar-refractivity contribution in [2.24, 2.45) is 0 Å². The molecule has 0 bridgehead atoms. The molecule has 1 aliphatic heterocycles. The van der Waals surface area contributed by atoms with E-state index < -0.39 is 17.7 Å². The van der Waals surface area contributed by atoms with Crippen molar-refractivity contribution in [1.82, 2.24) is 0 Å². The van der Waals surface area contributed by atoms with Crippen molar-refractivity contribution in [1.29, 1.82) is 0 Å². The summed E-state index contributed by atoms with van der Waals surface area (Å²) in [5, 5.41) is 9.51. The van der Waals surface area contributed by atoms with Crippen LogP contribution in [0.5, 0.6) is 0 Å². The summed E-state index contributed by atoms with van der Waals surface area (Å²) in [5.74, 6) is -0.402. The molecule has 1 N–H and O–H groups in total. The summed E-state index contributed by atoms with van der Waals surface area (Å²) < 4.78 is 4.91. The number of hydrogen-bond acceptors (Lipinski definition) is 3. The number of rotatable bonds is 2. The van der Waals surface area contributed by atoms with E-state index in [4.69, 9.17) is 4.74 Å². The van der Waals surface area contributed by atoms with Crippen LogP contribution in [0.3, 0.4) is 0 Å². The van der Waals surface area contributed by atoms with E-state index in [0.29, 0.717) is 0 Å². The Morgan fingerprint density at radius 2 is 2.42 bits per heavy atom. The van der Waals surface area contributed by atoms with Gasteiger partial charge in [-0.2, -0.15) is 0 Å². The van der Waals surface area contributed by atoms with Crippen LogP contribution in [0, 0.1) is 0 Å². The highest BCUT2D eigenvalue weighted by Crippen LogP contribution is 2.23. The van der Waals surface area contributed by atoms with E-state index in [1.165, 1.54) is 6.08 Å². The highest BCUT2D eigenvalue weighted by Gasteiger charge is 2.36. The molecule has 0 aromatic carbocycles. The van der Waals surface area contributed by atoms with Crippen molar-refractivity contribution in [3.8, 4) is 0 Å². The van der Waals surface area contributed by atoms with Crippen molar-refractivity contribution < 1.29 is 14.6 Å². The Morgan fingerprint density at radius 1 is 1.75 bits per heavy atom. The fourth-order valence-electron chi connectivity index (χ4n) is 1.05. The van der Waals surface area contributed by atoms with Gasteiger partial charge in [0.25, 0.3) is 0 Å². The summed E-state index contributed by atoms with van der Waals surface area (Å²) in [7, 11) is 0. The van der Waals surface area contributed by atoms with Gasteiger partial charge in [0.2, 0.25) is 0 Å². The summed E-state index contributed by atoms with van der Waals surface area (Å²) in [6.07, 6.45) is 5.43. The Morgan fingerprint density at radius 3 is 2.83 bits per heavy atom. The molecule has 0 spiro atoms. The first-order chi connectivity index (χ1) is 5.58. The molecule has 0 aromatic rings. The van der Waals surface area contributed by atoms with E-state index in [1.807, 2.05) is 0 Å². The number of aliphatic hydroxyl groups excluding tert-OH is 1. The highest BCUT2D eigenvalue weighted by molar-refractivity contribution is 5.85. The van der Waals surface area contributed by atoms with Crippen LogP contribution in [0.25, 0.3) is 0 Å². The zero-order chi connectivity index (χ0) is 9.19. The lowest BCUT2D eigenvalue weighted by Gasteiger charge is -2.24. The van der Waals surface area contributed by atoms with Crippen molar-refractivity contribution in [3.63, 3.8) is 0 Å². The minimum atomic E-state index is -0.885. The first kappa shape index (κ1) is 9.00. The van der Waals surface area contributed by atoms with Gasteiger partial charge in [-0.05, 0) is 19.9 Å². The second kappa shape index (κ2) is 3.11. The van der Waals surface area contributed by atoms with Crippen molar-refractivity contribution >= 4 is 5.97 Å². The van der Waals surface area contributed by atoms with E-state index >= 15 is 0 Å². The molecule has 0 radical (unpaired) electrons. The van der Waals surface area contributed by atoms with Crippen molar-refractivity contribution in [3.05, 3.63) is 24.3 Å². The summed E-state index contributed by atoms with van der Waals surface area (Å²) in [6, 6.07) is 0. The number of aliphatic hydroxyl groups is 1. The summed E-state index contributed by atoms with van der Waals surface area (Å²) in [6.45, 7) is 3.46. The molecule has 0 saturated heterocycles. The van der Waals surface area contributed by atoms with Gasteiger partial charge in [-0.3, -0.25) is 0 Å². The van der Waals surface area contributed by atoms with E-state index in [9.17, 15) is 9.90 Å². The van der Waals surface area contributed by atoms with Crippen molar-refractivity contribution in [2.45, 2.75) is 25.6 Å². The van der Waals surface area contributed by atoms with Gasteiger partial charge in [-0.25, -0.2) is 4.79 Å². The molecule has 0 saturated carbocycles. The summed E-state index contributed by atoms with van der Waals surface area (Å²) in [4.78, 5) is 10.7. The van der Waals surface area contributed by atoms with Crippen LogP contribution in [0.15, 0.2) is 24.3 Å².